The first kappa shape index (κ1) is 21.4. The van der Waals surface area contributed by atoms with Gasteiger partial charge in [-0.1, -0.05) is 58.0 Å². The minimum atomic E-state index is 0.0624. The van der Waals surface area contributed by atoms with Gasteiger partial charge in [0.1, 0.15) is 11.5 Å². The molecule has 0 radical (unpaired) electrons. The number of hydrogen-bond acceptors (Lipinski definition) is 3. The highest BCUT2D eigenvalue weighted by molar-refractivity contribution is 5.78. The molecule has 1 aliphatic carbocycles. The number of hydrogen-bond donors (Lipinski definition) is 0. The summed E-state index contributed by atoms with van der Waals surface area (Å²) in [5.41, 5.74) is 6.11. The van der Waals surface area contributed by atoms with E-state index in [1.54, 1.807) is 21.3 Å². The van der Waals surface area contributed by atoms with Crippen molar-refractivity contribution in [3.63, 3.8) is 0 Å². The molecule has 3 heteroatoms. The van der Waals surface area contributed by atoms with Gasteiger partial charge in [0, 0.05) is 12.7 Å². The molecule has 0 saturated heterocycles. The van der Waals surface area contributed by atoms with E-state index in [1.807, 2.05) is 0 Å². The molecule has 0 atom stereocenters. The molecular formula is C26H34O3. The fourth-order valence-electron chi connectivity index (χ4n) is 4.35. The minimum Gasteiger partial charge on any atom is -0.496 e. The summed E-state index contributed by atoms with van der Waals surface area (Å²) in [5, 5.41) is 0. The van der Waals surface area contributed by atoms with Gasteiger partial charge in [0.25, 0.3) is 0 Å². The summed E-state index contributed by atoms with van der Waals surface area (Å²) in [6.45, 7) is 9.89. The predicted octanol–water partition coefficient (Wildman–Crippen LogP) is 6.37. The van der Waals surface area contributed by atoms with Crippen molar-refractivity contribution in [2.45, 2.75) is 58.0 Å². The highest BCUT2D eigenvalue weighted by atomic mass is 16.5. The first-order valence-electron chi connectivity index (χ1n) is 10.3. The minimum absolute atomic E-state index is 0.0624. The molecule has 0 spiro atoms. The van der Waals surface area contributed by atoms with E-state index in [1.165, 1.54) is 11.1 Å². The van der Waals surface area contributed by atoms with E-state index < -0.39 is 0 Å². The SMILES string of the molecule is COCc1ccc(C=Cc2c(OC)cc3c(c2OC)C(C)(C)CCC3(C)C)cc1. The third-order valence-electron chi connectivity index (χ3n) is 6.22. The topological polar surface area (TPSA) is 27.7 Å². The van der Waals surface area contributed by atoms with Gasteiger partial charge in [-0.2, -0.15) is 0 Å². The van der Waals surface area contributed by atoms with Crippen molar-refractivity contribution in [3.05, 3.63) is 58.1 Å². The monoisotopic (exact) mass is 394 g/mol. The summed E-state index contributed by atoms with van der Waals surface area (Å²) in [6.07, 6.45) is 6.52. The second kappa shape index (κ2) is 8.23. The Hall–Kier alpha value is -2.26. The van der Waals surface area contributed by atoms with E-state index in [4.69, 9.17) is 14.2 Å². The summed E-state index contributed by atoms with van der Waals surface area (Å²) in [7, 11) is 5.22. The average molecular weight is 395 g/mol. The molecule has 1 aliphatic rings. The van der Waals surface area contributed by atoms with Gasteiger partial charge in [-0.3, -0.25) is 0 Å². The van der Waals surface area contributed by atoms with E-state index in [0.717, 1.165) is 41.0 Å². The van der Waals surface area contributed by atoms with Crippen LogP contribution in [0.2, 0.25) is 0 Å². The van der Waals surface area contributed by atoms with Crippen molar-refractivity contribution in [2.24, 2.45) is 0 Å². The van der Waals surface area contributed by atoms with Crippen LogP contribution in [-0.4, -0.2) is 21.3 Å². The zero-order valence-corrected chi connectivity index (χ0v) is 18.9. The van der Waals surface area contributed by atoms with Crippen LogP contribution in [0, 0.1) is 0 Å². The zero-order valence-electron chi connectivity index (χ0n) is 18.9. The summed E-state index contributed by atoms with van der Waals surface area (Å²) in [4.78, 5) is 0. The molecule has 2 aromatic rings. The molecule has 0 heterocycles. The van der Waals surface area contributed by atoms with E-state index >= 15 is 0 Å². The Labute approximate surface area is 175 Å². The van der Waals surface area contributed by atoms with Gasteiger partial charge in [-0.25, -0.2) is 0 Å². The van der Waals surface area contributed by atoms with Gasteiger partial charge in [-0.05, 0) is 52.5 Å². The van der Waals surface area contributed by atoms with Crippen LogP contribution >= 0.6 is 0 Å². The number of fused-ring (bicyclic) bond motifs is 1. The average Bonchev–Trinajstić information content (AvgIpc) is 2.70. The van der Waals surface area contributed by atoms with E-state index in [-0.39, 0.29) is 10.8 Å². The molecule has 156 valence electrons. The van der Waals surface area contributed by atoms with Crippen molar-refractivity contribution in [1.82, 2.24) is 0 Å². The third-order valence-corrected chi connectivity index (χ3v) is 6.22. The smallest absolute Gasteiger partial charge is 0.133 e. The highest BCUT2D eigenvalue weighted by Crippen LogP contribution is 2.52. The molecule has 0 aromatic heterocycles. The fraction of sp³-hybridized carbons (Fsp3) is 0.462. The van der Waals surface area contributed by atoms with Gasteiger partial charge in [0.2, 0.25) is 0 Å². The quantitative estimate of drug-likeness (QED) is 0.533. The van der Waals surface area contributed by atoms with Gasteiger partial charge in [0.05, 0.1) is 26.4 Å². The lowest BCUT2D eigenvalue weighted by Crippen LogP contribution is -2.34. The van der Waals surface area contributed by atoms with Crippen molar-refractivity contribution >= 4 is 12.2 Å². The Bertz CT molecular complexity index is 889. The molecule has 0 unspecified atom stereocenters. The van der Waals surface area contributed by atoms with Crippen LogP contribution in [0.1, 0.15) is 68.4 Å². The molecule has 0 aliphatic heterocycles. The summed E-state index contributed by atoms with van der Waals surface area (Å²) < 4.78 is 17.0. The first-order valence-corrected chi connectivity index (χ1v) is 10.3. The number of benzene rings is 2. The standard InChI is InChI=1S/C26H34O3/c1-25(2)14-15-26(3,4)23-21(25)16-22(28-6)20(24(23)29-7)13-12-18-8-10-19(11-9-18)17-27-5/h8-13,16H,14-15,17H2,1-7H3. The molecule has 3 nitrogen and oxygen atoms in total. The Balaban J connectivity index is 2.11. The van der Waals surface area contributed by atoms with Crippen molar-refractivity contribution in [2.75, 3.05) is 21.3 Å². The normalized spacial score (nSPS) is 17.2. The number of rotatable bonds is 6. The lowest BCUT2D eigenvalue weighted by Gasteiger charge is -2.43. The van der Waals surface area contributed by atoms with Crippen molar-refractivity contribution < 1.29 is 14.2 Å². The second-order valence-electron chi connectivity index (χ2n) is 9.22. The lowest BCUT2D eigenvalue weighted by atomic mass is 9.62. The molecule has 3 rings (SSSR count). The highest BCUT2D eigenvalue weighted by Gasteiger charge is 2.40. The zero-order chi connectivity index (χ0) is 21.2. The molecule has 0 fully saturated rings. The van der Waals surface area contributed by atoms with Crippen LogP contribution in [0.4, 0.5) is 0 Å². The maximum atomic E-state index is 6.01. The molecule has 29 heavy (non-hydrogen) atoms. The molecule has 0 saturated carbocycles. The van der Waals surface area contributed by atoms with Crippen LogP contribution in [0.3, 0.4) is 0 Å². The Morgan fingerprint density at radius 1 is 0.862 bits per heavy atom. The molecule has 2 aromatic carbocycles. The number of ether oxygens (including phenoxy) is 3. The predicted molar refractivity (Wildman–Crippen MR) is 121 cm³/mol. The molecule has 0 bridgehead atoms. The number of methoxy groups -OCH3 is 3. The summed E-state index contributed by atoms with van der Waals surface area (Å²) in [5.74, 6) is 1.79. The van der Waals surface area contributed by atoms with E-state index in [9.17, 15) is 0 Å². The van der Waals surface area contributed by atoms with Crippen LogP contribution in [0.5, 0.6) is 11.5 Å². The van der Waals surface area contributed by atoms with Gasteiger partial charge in [-0.15, -0.1) is 0 Å². The lowest BCUT2D eigenvalue weighted by molar-refractivity contribution is 0.185. The van der Waals surface area contributed by atoms with Crippen molar-refractivity contribution in [3.8, 4) is 11.5 Å². The fourth-order valence-corrected chi connectivity index (χ4v) is 4.35. The Morgan fingerprint density at radius 2 is 1.52 bits per heavy atom. The Morgan fingerprint density at radius 3 is 2.10 bits per heavy atom. The molecule has 0 amide bonds. The van der Waals surface area contributed by atoms with Gasteiger partial charge in [0.15, 0.2) is 0 Å². The van der Waals surface area contributed by atoms with Crippen LogP contribution in [0.15, 0.2) is 30.3 Å². The molecular weight excluding hydrogens is 360 g/mol. The summed E-state index contributed by atoms with van der Waals surface area (Å²) >= 11 is 0. The second-order valence-corrected chi connectivity index (χ2v) is 9.22. The van der Waals surface area contributed by atoms with Crippen molar-refractivity contribution in [1.29, 1.82) is 0 Å². The van der Waals surface area contributed by atoms with Crippen LogP contribution in [0.25, 0.3) is 12.2 Å². The van der Waals surface area contributed by atoms with E-state index in [0.29, 0.717) is 6.61 Å². The van der Waals surface area contributed by atoms with Gasteiger partial charge < -0.3 is 14.2 Å². The van der Waals surface area contributed by atoms with E-state index in [2.05, 4.69) is 70.2 Å². The van der Waals surface area contributed by atoms with Crippen LogP contribution in [-0.2, 0) is 22.2 Å². The largest absolute Gasteiger partial charge is 0.496 e. The third kappa shape index (κ3) is 4.20. The maximum absolute atomic E-state index is 6.01. The van der Waals surface area contributed by atoms with Crippen LogP contribution < -0.4 is 9.47 Å². The summed E-state index contributed by atoms with van der Waals surface area (Å²) in [6, 6.07) is 10.6. The molecule has 0 N–H and O–H groups in total. The first-order chi connectivity index (χ1) is 13.7. The Kier molecular flexibility index (Phi) is 6.09. The maximum Gasteiger partial charge on any atom is 0.133 e. The van der Waals surface area contributed by atoms with Gasteiger partial charge >= 0.3 is 0 Å².